The second-order valence-corrected chi connectivity index (χ2v) is 4.09. The van der Waals surface area contributed by atoms with Gasteiger partial charge in [0.2, 0.25) is 5.91 Å². The van der Waals surface area contributed by atoms with E-state index in [0.29, 0.717) is 11.3 Å². The summed E-state index contributed by atoms with van der Waals surface area (Å²) in [5.41, 5.74) is 1.11. The first-order chi connectivity index (χ1) is 9.24. The molecule has 0 bridgehead atoms. The molecule has 19 heavy (non-hydrogen) atoms. The normalized spacial score (nSPS) is 9.95. The average molecular weight is 253 g/mol. The van der Waals surface area contributed by atoms with Gasteiger partial charge in [0, 0.05) is 12.0 Å². The minimum absolute atomic E-state index is 0.208. The van der Waals surface area contributed by atoms with Crippen LogP contribution in [0.15, 0.2) is 60.7 Å². The lowest BCUT2D eigenvalue weighted by atomic mass is 10.1. The van der Waals surface area contributed by atoms with Gasteiger partial charge >= 0.3 is 0 Å². The largest absolute Gasteiger partial charge is 0.274 e. The van der Waals surface area contributed by atoms with Gasteiger partial charge in [0.25, 0.3) is 5.91 Å². The van der Waals surface area contributed by atoms with Crippen molar-refractivity contribution in [3.8, 4) is 0 Å². The average Bonchev–Trinajstić information content (AvgIpc) is 2.49. The number of carbonyl (C=O) groups excluding carboxylic acids is 2. The fourth-order valence-electron chi connectivity index (χ4n) is 1.82. The van der Waals surface area contributed by atoms with E-state index in [1.165, 1.54) is 4.90 Å². The molecule has 0 atom stereocenters. The predicted molar refractivity (Wildman–Crippen MR) is 75.0 cm³/mol. The molecule has 0 N–H and O–H groups in total. The highest BCUT2D eigenvalue weighted by Gasteiger charge is 2.22. The highest BCUT2D eigenvalue weighted by Crippen LogP contribution is 2.18. The maximum absolute atomic E-state index is 12.5. The summed E-state index contributed by atoms with van der Waals surface area (Å²) in [5, 5.41) is 0. The molecule has 0 aliphatic rings. The fraction of sp³-hybridized carbons (Fsp3) is 0.125. The lowest BCUT2D eigenvalue weighted by Gasteiger charge is -2.20. The van der Waals surface area contributed by atoms with Gasteiger partial charge in [-0.15, -0.1) is 0 Å². The summed E-state index contributed by atoms with van der Waals surface area (Å²) >= 11 is 0. The van der Waals surface area contributed by atoms with Crippen molar-refractivity contribution in [3.05, 3.63) is 66.2 Å². The number of carbonyl (C=O) groups is 2. The molecule has 0 fully saturated rings. The number of amides is 2. The molecule has 2 amide bonds. The van der Waals surface area contributed by atoms with Crippen molar-refractivity contribution in [1.29, 1.82) is 0 Å². The van der Waals surface area contributed by atoms with E-state index in [9.17, 15) is 9.59 Å². The van der Waals surface area contributed by atoms with Gasteiger partial charge in [-0.25, -0.2) is 4.90 Å². The molecule has 0 saturated carbocycles. The van der Waals surface area contributed by atoms with E-state index < -0.39 is 0 Å². The van der Waals surface area contributed by atoms with Crippen LogP contribution in [-0.2, 0) is 4.79 Å². The highest BCUT2D eigenvalue weighted by atomic mass is 16.2. The Kier molecular flexibility index (Phi) is 4.08. The fourth-order valence-corrected chi connectivity index (χ4v) is 1.82. The molecule has 0 aliphatic carbocycles. The Morgan fingerprint density at radius 2 is 1.42 bits per heavy atom. The Hall–Kier alpha value is -2.42. The molecule has 0 aliphatic heterocycles. The summed E-state index contributed by atoms with van der Waals surface area (Å²) in [5.74, 6) is -0.501. The lowest BCUT2D eigenvalue weighted by Crippen LogP contribution is -2.36. The molecule has 3 nitrogen and oxygen atoms in total. The van der Waals surface area contributed by atoms with E-state index >= 15 is 0 Å². The second kappa shape index (κ2) is 5.96. The van der Waals surface area contributed by atoms with Crippen LogP contribution in [0.1, 0.15) is 23.7 Å². The topological polar surface area (TPSA) is 37.4 Å². The van der Waals surface area contributed by atoms with E-state index in [1.54, 1.807) is 43.3 Å². The molecule has 2 aromatic carbocycles. The molecule has 96 valence electrons. The SMILES string of the molecule is CCC(=O)N(C(=O)c1ccccc1)c1ccccc1. The first kappa shape index (κ1) is 13.0. The zero-order chi connectivity index (χ0) is 13.7. The minimum Gasteiger partial charge on any atom is -0.274 e. The second-order valence-electron chi connectivity index (χ2n) is 4.09. The van der Waals surface area contributed by atoms with Crippen LogP contribution in [0.5, 0.6) is 0 Å². The Labute approximate surface area is 112 Å². The number of anilines is 1. The number of benzene rings is 2. The lowest BCUT2D eigenvalue weighted by molar-refractivity contribution is -0.117. The van der Waals surface area contributed by atoms with Gasteiger partial charge in [0.15, 0.2) is 0 Å². The highest BCUT2D eigenvalue weighted by molar-refractivity contribution is 6.20. The van der Waals surface area contributed by atoms with Gasteiger partial charge in [0.05, 0.1) is 5.69 Å². The van der Waals surface area contributed by atoms with Crippen LogP contribution in [0, 0.1) is 0 Å². The van der Waals surface area contributed by atoms with Crippen molar-refractivity contribution in [2.75, 3.05) is 4.90 Å². The number of hydrogen-bond acceptors (Lipinski definition) is 2. The molecule has 0 heterocycles. The molecular weight excluding hydrogens is 238 g/mol. The summed E-state index contributed by atoms with van der Waals surface area (Å²) in [6, 6.07) is 17.8. The van der Waals surface area contributed by atoms with Crippen molar-refractivity contribution in [2.45, 2.75) is 13.3 Å². The third kappa shape index (κ3) is 2.88. The maximum Gasteiger partial charge on any atom is 0.265 e. The third-order valence-corrected chi connectivity index (χ3v) is 2.79. The first-order valence-corrected chi connectivity index (χ1v) is 6.21. The van der Waals surface area contributed by atoms with Crippen LogP contribution in [-0.4, -0.2) is 11.8 Å². The minimum atomic E-state index is -0.293. The van der Waals surface area contributed by atoms with E-state index in [-0.39, 0.29) is 18.2 Å². The number of rotatable bonds is 3. The number of imide groups is 1. The smallest absolute Gasteiger partial charge is 0.265 e. The van der Waals surface area contributed by atoms with Crippen molar-refractivity contribution in [2.24, 2.45) is 0 Å². The monoisotopic (exact) mass is 253 g/mol. The predicted octanol–water partition coefficient (Wildman–Crippen LogP) is 3.27. The van der Waals surface area contributed by atoms with Gasteiger partial charge in [-0.2, -0.15) is 0 Å². The Balaban J connectivity index is 2.40. The zero-order valence-electron chi connectivity index (χ0n) is 10.7. The van der Waals surface area contributed by atoms with E-state index in [0.717, 1.165) is 0 Å². The van der Waals surface area contributed by atoms with Gasteiger partial charge in [0.1, 0.15) is 0 Å². The van der Waals surface area contributed by atoms with Crippen molar-refractivity contribution < 1.29 is 9.59 Å². The Morgan fingerprint density at radius 1 is 0.895 bits per heavy atom. The molecular formula is C16H15NO2. The van der Waals surface area contributed by atoms with Crippen LogP contribution >= 0.6 is 0 Å². The Bertz CT molecular complexity index is 564. The molecule has 2 rings (SSSR count). The summed E-state index contributed by atoms with van der Waals surface area (Å²) in [7, 11) is 0. The molecule has 0 spiro atoms. The van der Waals surface area contributed by atoms with Crippen molar-refractivity contribution >= 4 is 17.5 Å². The van der Waals surface area contributed by atoms with Crippen LogP contribution in [0.2, 0.25) is 0 Å². The standard InChI is InChI=1S/C16H15NO2/c1-2-15(18)17(14-11-7-4-8-12-14)16(19)13-9-5-3-6-10-13/h3-12H,2H2,1H3. The van der Waals surface area contributed by atoms with Crippen LogP contribution in [0.4, 0.5) is 5.69 Å². The quantitative estimate of drug-likeness (QED) is 0.841. The number of hydrogen-bond donors (Lipinski definition) is 0. The van der Waals surface area contributed by atoms with E-state index in [4.69, 9.17) is 0 Å². The number of para-hydroxylation sites is 1. The summed E-state index contributed by atoms with van der Waals surface area (Å²) in [6.07, 6.45) is 0.285. The number of nitrogens with zero attached hydrogens (tertiary/aromatic N) is 1. The molecule has 0 aromatic heterocycles. The zero-order valence-corrected chi connectivity index (χ0v) is 10.7. The summed E-state index contributed by atoms with van der Waals surface area (Å²) < 4.78 is 0. The van der Waals surface area contributed by atoms with E-state index in [1.807, 2.05) is 24.3 Å². The summed E-state index contributed by atoms with van der Waals surface area (Å²) in [6.45, 7) is 1.75. The van der Waals surface area contributed by atoms with Crippen LogP contribution in [0.3, 0.4) is 0 Å². The maximum atomic E-state index is 12.5. The first-order valence-electron chi connectivity index (χ1n) is 6.21. The van der Waals surface area contributed by atoms with Crippen molar-refractivity contribution in [1.82, 2.24) is 0 Å². The molecule has 0 saturated heterocycles. The van der Waals surface area contributed by atoms with Gasteiger partial charge in [-0.05, 0) is 24.3 Å². The van der Waals surface area contributed by atoms with Crippen LogP contribution < -0.4 is 4.90 Å². The Morgan fingerprint density at radius 3 is 1.95 bits per heavy atom. The third-order valence-electron chi connectivity index (χ3n) is 2.79. The summed E-state index contributed by atoms with van der Waals surface area (Å²) in [4.78, 5) is 25.7. The van der Waals surface area contributed by atoms with Gasteiger partial charge in [-0.1, -0.05) is 43.3 Å². The molecule has 0 unspecified atom stereocenters. The van der Waals surface area contributed by atoms with Crippen LogP contribution in [0.25, 0.3) is 0 Å². The molecule has 2 aromatic rings. The molecule has 0 radical (unpaired) electrons. The van der Waals surface area contributed by atoms with Gasteiger partial charge < -0.3 is 0 Å². The van der Waals surface area contributed by atoms with Crippen molar-refractivity contribution in [3.63, 3.8) is 0 Å². The molecule has 3 heteroatoms. The van der Waals surface area contributed by atoms with E-state index in [2.05, 4.69) is 0 Å². The van der Waals surface area contributed by atoms with Gasteiger partial charge in [-0.3, -0.25) is 9.59 Å².